The number of aromatic nitrogens is 2. The molecule has 0 saturated heterocycles. The summed E-state index contributed by atoms with van der Waals surface area (Å²) in [5, 5.41) is 6.69. The Balaban J connectivity index is 1.77. The van der Waals surface area contributed by atoms with Crippen LogP contribution in [0.4, 0.5) is 5.88 Å². The molecule has 134 valence electrons. The molecule has 8 nitrogen and oxygen atoms in total. The Hall–Kier alpha value is -3.55. The number of benzene rings is 1. The Morgan fingerprint density at radius 2 is 1.92 bits per heavy atom. The molecule has 26 heavy (non-hydrogen) atoms. The molecule has 3 rings (SSSR count). The molecule has 0 aliphatic rings. The van der Waals surface area contributed by atoms with Crippen LogP contribution in [0.15, 0.2) is 47.1 Å². The van der Waals surface area contributed by atoms with Crippen molar-refractivity contribution in [1.82, 2.24) is 15.5 Å². The van der Waals surface area contributed by atoms with Crippen molar-refractivity contribution in [2.75, 3.05) is 20.0 Å². The average Bonchev–Trinajstić information content (AvgIpc) is 3.08. The van der Waals surface area contributed by atoms with Crippen LogP contribution in [-0.4, -0.2) is 30.3 Å². The third-order valence-corrected chi connectivity index (χ3v) is 3.78. The van der Waals surface area contributed by atoms with E-state index in [2.05, 4.69) is 15.5 Å². The number of rotatable bonds is 6. The molecule has 0 spiro atoms. The van der Waals surface area contributed by atoms with Crippen LogP contribution >= 0.6 is 0 Å². The van der Waals surface area contributed by atoms with Gasteiger partial charge in [-0.2, -0.15) is 0 Å². The summed E-state index contributed by atoms with van der Waals surface area (Å²) >= 11 is 0. The number of nitrogens with one attached hydrogen (secondary N) is 1. The summed E-state index contributed by atoms with van der Waals surface area (Å²) in [5.41, 5.74) is 7.80. The SMILES string of the molecule is COc1ccc(CNC(=O)c2c(-c3ccc(OC)nc3)noc2N)cc1. The summed E-state index contributed by atoms with van der Waals surface area (Å²) in [6.07, 6.45) is 1.54. The van der Waals surface area contributed by atoms with Crippen molar-refractivity contribution < 1.29 is 18.8 Å². The van der Waals surface area contributed by atoms with Crippen molar-refractivity contribution in [3.05, 3.63) is 53.7 Å². The first-order chi connectivity index (χ1) is 12.6. The smallest absolute Gasteiger partial charge is 0.259 e. The van der Waals surface area contributed by atoms with Gasteiger partial charge in [-0.15, -0.1) is 0 Å². The summed E-state index contributed by atoms with van der Waals surface area (Å²) < 4.78 is 15.1. The Morgan fingerprint density at radius 1 is 1.15 bits per heavy atom. The lowest BCUT2D eigenvalue weighted by Crippen LogP contribution is -2.23. The van der Waals surface area contributed by atoms with Crippen LogP contribution in [0.5, 0.6) is 11.6 Å². The lowest BCUT2D eigenvalue weighted by atomic mass is 10.1. The summed E-state index contributed by atoms with van der Waals surface area (Å²) in [6, 6.07) is 10.8. The first-order valence-electron chi connectivity index (χ1n) is 7.79. The van der Waals surface area contributed by atoms with Gasteiger partial charge in [-0.25, -0.2) is 4.98 Å². The molecule has 2 aromatic heterocycles. The van der Waals surface area contributed by atoms with Gasteiger partial charge >= 0.3 is 0 Å². The van der Waals surface area contributed by atoms with Crippen LogP contribution in [-0.2, 0) is 6.54 Å². The van der Waals surface area contributed by atoms with Crippen molar-refractivity contribution in [3.63, 3.8) is 0 Å². The van der Waals surface area contributed by atoms with Gasteiger partial charge in [0.2, 0.25) is 11.8 Å². The van der Waals surface area contributed by atoms with E-state index >= 15 is 0 Å². The second kappa shape index (κ2) is 7.56. The Bertz CT molecular complexity index is 889. The number of pyridine rings is 1. The number of ether oxygens (including phenoxy) is 2. The lowest BCUT2D eigenvalue weighted by Gasteiger charge is -2.07. The van der Waals surface area contributed by atoms with Gasteiger partial charge in [0.1, 0.15) is 17.0 Å². The third-order valence-electron chi connectivity index (χ3n) is 3.78. The van der Waals surface area contributed by atoms with Crippen molar-refractivity contribution in [1.29, 1.82) is 0 Å². The zero-order valence-electron chi connectivity index (χ0n) is 14.4. The van der Waals surface area contributed by atoms with E-state index in [1.54, 1.807) is 19.2 Å². The second-order valence-electron chi connectivity index (χ2n) is 5.39. The molecule has 0 aliphatic carbocycles. The fraction of sp³-hybridized carbons (Fsp3) is 0.167. The topological polar surface area (TPSA) is 112 Å². The maximum absolute atomic E-state index is 12.6. The van der Waals surface area contributed by atoms with Crippen LogP contribution < -0.4 is 20.5 Å². The van der Waals surface area contributed by atoms with Crippen molar-refractivity contribution in [2.45, 2.75) is 6.54 Å². The van der Waals surface area contributed by atoms with E-state index in [1.807, 2.05) is 24.3 Å². The van der Waals surface area contributed by atoms with E-state index in [-0.39, 0.29) is 17.4 Å². The molecule has 3 N–H and O–H groups in total. The number of amides is 1. The Kier molecular flexibility index (Phi) is 5.02. The van der Waals surface area contributed by atoms with E-state index in [4.69, 9.17) is 19.7 Å². The quantitative estimate of drug-likeness (QED) is 0.698. The van der Waals surface area contributed by atoms with Crippen LogP contribution in [0.1, 0.15) is 15.9 Å². The summed E-state index contributed by atoms with van der Waals surface area (Å²) in [6.45, 7) is 0.327. The largest absolute Gasteiger partial charge is 0.497 e. The fourth-order valence-electron chi connectivity index (χ4n) is 2.37. The molecule has 0 fully saturated rings. The van der Waals surface area contributed by atoms with Gasteiger partial charge in [-0.3, -0.25) is 4.79 Å². The minimum Gasteiger partial charge on any atom is -0.497 e. The van der Waals surface area contributed by atoms with E-state index in [0.717, 1.165) is 11.3 Å². The van der Waals surface area contributed by atoms with E-state index in [9.17, 15) is 4.79 Å². The van der Waals surface area contributed by atoms with Crippen LogP contribution in [0.2, 0.25) is 0 Å². The van der Waals surface area contributed by atoms with Gasteiger partial charge in [0.25, 0.3) is 5.91 Å². The second-order valence-corrected chi connectivity index (χ2v) is 5.39. The van der Waals surface area contributed by atoms with Crippen molar-refractivity contribution in [3.8, 4) is 22.9 Å². The zero-order chi connectivity index (χ0) is 18.5. The Labute approximate surface area is 149 Å². The van der Waals surface area contributed by atoms with Crippen LogP contribution in [0.25, 0.3) is 11.3 Å². The number of nitrogens with zero attached hydrogens (tertiary/aromatic N) is 2. The van der Waals surface area contributed by atoms with E-state index < -0.39 is 0 Å². The number of hydrogen-bond acceptors (Lipinski definition) is 7. The third kappa shape index (κ3) is 3.59. The van der Waals surface area contributed by atoms with Gasteiger partial charge in [0, 0.05) is 24.4 Å². The molecule has 0 aliphatic heterocycles. The first kappa shape index (κ1) is 17.3. The van der Waals surface area contributed by atoms with Crippen LogP contribution in [0.3, 0.4) is 0 Å². The predicted molar refractivity (Wildman–Crippen MR) is 94.9 cm³/mol. The maximum Gasteiger partial charge on any atom is 0.259 e. The highest BCUT2D eigenvalue weighted by Crippen LogP contribution is 2.27. The molecule has 0 radical (unpaired) electrons. The zero-order valence-corrected chi connectivity index (χ0v) is 14.4. The highest BCUT2D eigenvalue weighted by molar-refractivity contribution is 6.03. The number of methoxy groups -OCH3 is 2. The number of anilines is 1. The van der Waals surface area contributed by atoms with Gasteiger partial charge in [0.05, 0.1) is 14.2 Å². The molecular formula is C18H18N4O4. The van der Waals surface area contributed by atoms with Crippen LogP contribution in [0, 0.1) is 0 Å². The first-order valence-corrected chi connectivity index (χ1v) is 7.79. The number of nitrogens with two attached hydrogens (primary N) is 1. The molecule has 0 saturated carbocycles. The molecule has 3 aromatic rings. The van der Waals surface area contributed by atoms with Gasteiger partial charge in [-0.1, -0.05) is 17.3 Å². The number of hydrogen-bond donors (Lipinski definition) is 2. The van der Waals surface area contributed by atoms with E-state index in [0.29, 0.717) is 23.7 Å². The normalized spacial score (nSPS) is 10.4. The predicted octanol–water partition coefficient (Wildman–Crippen LogP) is 2.27. The molecule has 8 heteroatoms. The van der Waals surface area contributed by atoms with E-state index in [1.165, 1.54) is 13.3 Å². The standard InChI is InChI=1S/C18H18N4O4/c1-24-13-6-3-11(4-7-13)9-21-18(23)15-16(22-26-17(15)19)12-5-8-14(25-2)20-10-12/h3-8,10H,9,19H2,1-2H3,(H,21,23). The molecular weight excluding hydrogens is 336 g/mol. The minimum atomic E-state index is -0.384. The molecule has 1 amide bonds. The molecule has 0 atom stereocenters. The monoisotopic (exact) mass is 354 g/mol. The number of nitrogen functional groups attached to an aromatic ring is 1. The highest BCUT2D eigenvalue weighted by atomic mass is 16.5. The van der Waals surface area contributed by atoms with Crippen molar-refractivity contribution >= 4 is 11.8 Å². The summed E-state index contributed by atoms with van der Waals surface area (Å²) in [5.74, 6) is 0.766. The highest BCUT2D eigenvalue weighted by Gasteiger charge is 2.22. The van der Waals surface area contributed by atoms with Gasteiger partial charge in [-0.05, 0) is 23.8 Å². The average molecular weight is 354 g/mol. The maximum atomic E-state index is 12.6. The number of carbonyl (C=O) groups is 1. The van der Waals surface area contributed by atoms with Gasteiger partial charge in [0.15, 0.2) is 0 Å². The molecule has 2 heterocycles. The summed E-state index contributed by atoms with van der Waals surface area (Å²) in [7, 11) is 3.12. The summed E-state index contributed by atoms with van der Waals surface area (Å²) in [4.78, 5) is 16.7. The lowest BCUT2D eigenvalue weighted by molar-refractivity contribution is 0.0952. The molecule has 1 aromatic carbocycles. The molecule has 0 unspecified atom stereocenters. The molecule has 0 bridgehead atoms. The number of carbonyl (C=O) groups excluding carboxylic acids is 1. The Morgan fingerprint density at radius 3 is 2.54 bits per heavy atom. The van der Waals surface area contributed by atoms with Gasteiger partial charge < -0.3 is 25.0 Å². The van der Waals surface area contributed by atoms with Crippen molar-refractivity contribution in [2.24, 2.45) is 0 Å². The minimum absolute atomic E-state index is 0.0527. The fourth-order valence-corrected chi connectivity index (χ4v) is 2.37.